The van der Waals surface area contributed by atoms with Crippen LogP contribution in [0.5, 0.6) is 0 Å². The van der Waals surface area contributed by atoms with E-state index in [0.717, 1.165) is 29.7 Å². The molecule has 0 aliphatic carbocycles. The number of amides is 2. The third-order valence-electron chi connectivity index (χ3n) is 3.96. The third kappa shape index (κ3) is 3.63. The van der Waals surface area contributed by atoms with Crippen molar-refractivity contribution in [2.24, 2.45) is 5.73 Å². The Morgan fingerprint density at radius 1 is 1.33 bits per heavy atom. The summed E-state index contributed by atoms with van der Waals surface area (Å²) in [7, 11) is 0. The molecule has 24 heavy (non-hydrogen) atoms. The first-order chi connectivity index (χ1) is 11.5. The summed E-state index contributed by atoms with van der Waals surface area (Å²) in [6, 6.07) is 7.11. The van der Waals surface area contributed by atoms with Gasteiger partial charge in [0, 0.05) is 12.0 Å². The zero-order chi connectivity index (χ0) is 17.1. The van der Waals surface area contributed by atoms with E-state index in [2.05, 4.69) is 5.32 Å². The van der Waals surface area contributed by atoms with Crippen molar-refractivity contribution < 1.29 is 18.7 Å². The zero-order valence-electron chi connectivity index (χ0n) is 12.8. The van der Waals surface area contributed by atoms with Gasteiger partial charge in [-0.05, 0) is 36.6 Å². The number of carbonyl (C=O) groups excluding carboxylic acids is 2. The van der Waals surface area contributed by atoms with Gasteiger partial charge < -0.3 is 15.8 Å². The van der Waals surface area contributed by atoms with E-state index in [9.17, 15) is 14.0 Å². The molecule has 0 bridgehead atoms. The number of carbonyl (C=O) groups is 2. The molecule has 2 atom stereocenters. The minimum Gasteiger partial charge on any atom is -0.376 e. The van der Waals surface area contributed by atoms with Gasteiger partial charge in [-0.25, -0.2) is 4.39 Å². The summed E-state index contributed by atoms with van der Waals surface area (Å²) < 4.78 is 18.9. The largest absolute Gasteiger partial charge is 0.376 e. The number of hydrogen-bond donors (Lipinski definition) is 2. The van der Waals surface area contributed by atoms with E-state index in [-0.39, 0.29) is 23.9 Å². The molecule has 126 valence electrons. The number of rotatable bonds is 5. The molecule has 3 rings (SSSR count). The van der Waals surface area contributed by atoms with Crippen molar-refractivity contribution in [3.05, 3.63) is 57.5 Å². The Hall–Kier alpha value is -2.25. The van der Waals surface area contributed by atoms with Crippen LogP contribution in [0, 0.1) is 5.82 Å². The molecule has 2 aromatic rings. The van der Waals surface area contributed by atoms with Gasteiger partial charge in [0.25, 0.3) is 5.91 Å². The first-order valence-electron chi connectivity index (χ1n) is 7.61. The monoisotopic (exact) mass is 348 g/mol. The predicted octanol–water partition coefficient (Wildman–Crippen LogP) is 2.64. The normalized spacial score (nSPS) is 18.3. The minimum atomic E-state index is -0.570. The molecular weight excluding hydrogens is 331 g/mol. The van der Waals surface area contributed by atoms with Gasteiger partial charge in [0.15, 0.2) is 0 Å². The van der Waals surface area contributed by atoms with E-state index >= 15 is 0 Å². The summed E-state index contributed by atoms with van der Waals surface area (Å²) in [6.07, 6.45) is 1.58. The summed E-state index contributed by atoms with van der Waals surface area (Å²) in [4.78, 5) is 24.1. The highest BCUT2D eigenvalue weighted by molar-refractivity contribution is 7.12. The second kappa shape index (κ2) is 7.11. The van der Waals surface area contributed by atoms with E-state index < -0.39 is 5.91 Å². The Morgan fingerprint density at radius 2 is 2.08 bits per heavy atom. The highest BCUT2D eigenvalue weighted by Gasteiger charge is 2.29. The number of benzene rings is 1. The molecule has 0 spiro atoms. The number of nitrogens with two attached hydrogens (primary N) is 1. The van der Waals surface area contributed by atoms with Crippen LogP contribution in [0.3, 0.4) is 0 Å². The van der Waals surface area contributed by atoms with Crippen LogP contribution in [-0.2, 0) is 4.74 Å². The highest BCUT2D eigenvalue weighted by atomic mass is 32.1. The summed E-state index contributed by atoms with van der Waals surface area (Å²) >= 11 is 1.15. The van der Waals surface area contributed by atoms with E-state index in [1.807, 2.05) is 0 Å². The quantitative estimate of drug-likeness (QED) is 0.871. The number of hydrogen-bond acceptors (Lipinski definition) is 4. The number of primary amides is 1. The second-order valence-electron chi connectivity index (χ2n) is 5.62. The summed E-state index contributed by atoms with van der Waals surface area (Å²) in [5.41, 5.74) is 6.30. The summed E-state index contributed by atoms with van der Waals surface area (Å²) in [6.45, 7) is 0.642. The highest BCUT2D eigenvalue weighted by Crippen LogP contribution is 2.28. The Bertz CT molecular complexity index is 739. The smallest absolute Gasteiger partial charge is 0.261 e. The van der Waals surface area contributed by atoms with Crippen LogP contribution < -0.4 is 11.1 Å². The molecule has 2 amide bonds. The Morgan fingerprint density at radius 3 is 2.67 bits per heavy atom. The van der Waals surface area contributed by atoms with Gasteiger partial charge in [0.1, 0.15) is 5.82 Å². The van der Waals surface area contributed by atoms with Crippen molar-refractivity contribution in [1.82, 2.24) is 5.32 Å². The lowest BCUT2D eigenvalue weighted by atomic mass is 9.99. The van der Waals surface area contributed by atoms with E-state index in [0.29, 0.717) is 17.0 Å². The molecule has 1 aromatic heterocycles. The van der Waals surface area contributed by atoms with Crippen molar-refractivity contribution in [3.63, 3.8) is 0 Å². The van der Waals surface area contributed by atoms with E-state index in [1.54, 1.807) is 17.5 Å². The summed E-state index contributed by atoms with van der Waals surface area (Å²) in [5.74, 6) is -1.21. The molecule has 2 heterocycles. The van der Waals surface area contributed by atoms with Gasteiger partial charge in [0.05, 0.1) is 22.6 Å². The first kappa shape index (κ1) is 16.6. The maximum Gasteiger partial charge on any atom is 0.261 e. The maximum absolute atomic E-state index is 13.2. The number of nitrogens with one attached hydrogen (secondary N) is 1. The summed E-state index contributed by atoms with van der Waals surface area (Å²) in [5, 5.41) is 4.49. The van der Waals surface area contributed by atoms with Crippen LogP contribution in [0.4, 0.5) is 4.39 Å². The van der Waals surface area contributed by atoms with Crippen LogP contribution in [0.2, 0.25) is 0 Å². The fraction of sp³-hybridized carbons (Fsp3) is 0.294. The molecule has 1 aliphatic rings. The average Bonchev–Trinajstić information content (AvgIpc) is 3.25. The standard InChI is InChI=1S/C17H17FN2O3S/c18-12-5-3-10(4-6-12)15(13-2-1-7-23-13)20-17(22)14-8-11(9-24-14)16(19)21/h3-6,8-9,13,15H,1-2,7H2,(H2,19,21)(H,20,22)/t13-,15+/m0/s1. The molecule has 0 unspecified atom stereocenters. The fourth-order valence-electron chi connectivity index (χ4n) is 2.72. The topological polar surface area (TPSA) is 81.4 Å². The number of ether oxygens (including phenoxy) is 1. The predicted molar refractivity (Wildman–Crippen MR) is 88.4 cm³/mol. The zero-order valence-corrected chi connectivity index (χ0v) is 13.6. The van der Waals surface area contributed by atoms with Crippen molar-refractivity contribution in [2.45, 2.75) is 25.0 Å². The molecule has 1 aliphatic heterocycles. The first-order valence-corrected chi connectivity index (χ1v) is 8.49. The second-order valence-corrected chi connectivity index (χ2v) is 6.53. The van der Waals surface area contributed by atoms with Crippen molar-refractivity contribution in [2.75, 3.05) is 6.61 Å². The van der Waals surface area contributed by atoms with Gasteiger partial charge in [-0.2, -0.15) is 0 Å². The van der Waals surface area contributed by atoms with Gasteiger partial charge >= 0.3 is 0 Å². The Balaban J connectivity index is 1.81. The van der Waals surface area contributed by atoms with E-state index in [1.165, 1.54) is 18.2 Å². The molecule has 0 saturated carbocycles. The van der Waals surface area contributed by atoms with Gasteiger partial charge in [0.2, 0.25) is 5.91 Å². The van der Waals surface area contributed by atoms with Crippen molar-refractivity contribution in [1.29, 1.82) is 0 Å². The van der Waals surface area contributed by atoms with Crippen molar-refractivity contribution >= 4 is 23.2 Å². The molecule has 3 N–H and O–H groups in total. The number of thiophene rings is 1. The molecule has 1 aromatic carbocycles. The minimum absolute atomic E-state index is 0.157. The SMILES string of the molecule is NC(=O)c1csc(C(=O)N[C@H](c2ccc(F)cc2)[C@@H]2CCCO2)c1. The molecule has 1 fully saturated rings. The number of halogens is 1. The Kier molecular flexibility index (Phi) is 4.92. The average molecular weight is 348 g/mol. The molecule has 1 saturated heterocycles. The molecular formula is C17H17FN2O3S. The van der Waals surface area contributed by atoms with Gasteiger partial charge in [-0.15, -0.1) is 11.3 Å². The fourth-order valence-corrected chi connectivity index (χ4v) is 3.52. The van der Waals surface area contributed by atoms with Crippen LogP contribution >= 0.6 is 11.3 Å². The molecule has 5 nitrogen and oxygen atoms in total. The van der Waals surface area contributed by atoms with Crippen LogP contribution in [-0.4, -0.2) is 24.5 Å². The lowest BCUT2D eigenvalue weighted by Gasteiger charge is -2.24. The van der Waals surface area contributed by atoms with Crippen LogP contribution in [0.1, 0.15) is 44.5 Å². The van der Waals surface area contributed by atoms with E-state index in [4.69, 9.17) is 10.5 Å². The van der Waals surface area contributed by atoms with Gasteiger partial charge in [-0.3, -0.25) is 9.59 Å². The lowest BCUT2D eigenvalue weighted by molar-refractivity contribution is 0.0674. The molecule has 0 radical (unpaired) electrons. The lowest BCUT2D eigenvalue weighted by Crippen LogP contribution is -2.35. The maximum atomic E-state index is 13.2. The van der Waals surface area contributed by atoms with Crippen LogP contribution in [0.15, 0.2) is 35.7 Å². The third-order valence-corrected chi connectivity index (χ3v) is 4.89. The van der Waals surface area contributed by atoms with Crippen molar-refractivity contribution in [3.8, 4) is 0 Å². The Labute approximate surface area is 142 Å². The van der Waals surface area contributed by atoms with Gasteiger partial charge in [-0.1, -0.05) is 12.1 Å². The molecule has 7 heteroatoms. The van der Waals surface area contributed by atoms with Crippen LogP contribution in [0.25, 0.3) is 0 Å².